The summed E-state index contributed by atoms with van der Waals surface area (Å²) < 4.78 is 0. The predicted molar refractivity (Wildman–Crippen MR) is 64.4 cm³/mol. The summed E-state index contributed by atoms with van der Waals surface area (Å²) in [5, 5.41) is 0. The summed E-state index contributed by atoms with van der Waals surface area (Å²) in [4.78, 5) is 22.2. The second-order valence-corrected chi connectivity index (χ2v) is 4.09. The van der Waals surface area contributed by atoms with Crippen molar-refractivity contribution in [1.82, 2.24) is 0 Å². The Morgan fingerprint density at radius 1 is 1.35 bits per heavy atom. The van der Waals surface area contributed by atoms with Gasteiger partial charge in [0.05, 0.1) is 6.42 Å². The number of nitrogens with two attached hydrogens (primary N) is 1. The quantitative estimate of drug-likeness (QED) is 0.738. The molecule has 0 spiro atoms. The van der Waals surface area contributed by atoms with Crippen LogP contribution in [0.2, 0.25) is 0 Å². The average molecular weight is 227 g/mol. The molecule has 2 rings (SSSR count). The van der Waals surface area contributed by atoms with Crippen LogP contribution in [0.5, 0.6) is 0 Å². The van der Waals surface area contributed by atoms with E-state index < -0.39 is 5.91 Å². The van der Waals surface area contributed by atoms with Crippen LogP contribution >= 0.6 is 0 Å². The van der Waals surface area contributed by atoms with Crippen LogP contribution in [0.3, 0.4) is 0 Å². The molecule has 0 atom stereocenters. The summed E-state index contributed by atoms with van der Waals surface area (Å²) >= 11 is 0. The maximum atomic E-state index is 11.7. The molecule has 1 aromatic carbocycles. The van der Waals surface area contributed by atoms with Crippen molar-refractivity contribution in [3.05, 3.63) is 34.9 Å². The third-order valence-electron chi connectivity index (χ3n) is 2.76. The van der Waals surface area contributed by atoms with Crippen LogP contribution in [0.1, 0.15) is 40.7 Å². The zero-order chi connectivity index (χ0) is 12.3. The molecule has 86 valence electrons. The standard InChI is InChI=1S/C14H13NO2/c15-14(17)6-1-3-10-7-8-11-4-2-5-13(16)12(11)9-10/h7-9H,2,4-6H2,(H2,15,17). The average Bonchev–Trinajstić information content (AvgIpc) is 2.30. The van der Waals surface area contributed by atoms with Gasteiger partial charge in [0.2, 0.25) is 5.91 Å². The van der Waals surface area contributed by atoms with Crippen molar-refractivity contribution >= 4 is 11.7 Å². The number of fused-ring (bicyclic) bond motifs is 1. The highest BCUT2D eigenvalue weighted by Gasteiger charge is 2.16. The predicted octanol–water partition coefficient (Wildman–Crippen LogP) is 1.43. The van der Waals surface area contributed by atoms with Gasteiger partial charge in [-0.15, -0.1) is 0 Å². The van der Waals surface area contributed by atoms with Crippen molar-refractivity contribution < 1.29 is 9.59 Å². The Labute approximate surface area is 100 Å². The minimum atomic E-state index is -0.438. The van der Waals surface area contributed by atoms with E-state index in [0.29, 0.717) is 6.42 Å². The zero-order valence-corrected chi connectivity index (χ0v) is 9.45. The smallest absolute Gasteiger partial charge is 0.229 e. The Kier molecular flexibility index (Phi) is 3.24. The number of amides is 1. The van der Waals surface area contributed by atoms with E-state index in [9.17, 15) is 9.59 Å². The van der Waals surface area contributed by atoms with E-state index in [-0.39, 0.29) is 12.2 Å². The topological polar surface area (TPSA) is 60.2 Å². The van der Waals surface area contributed by atoms with Crippen molar-refractivity contribution in [2.24, 2.45) is 5.73 Å². The van der Waals surface area contributed by atoms with Gasteiger partial charge in [-0.25, -0.2) is 0 Å². The minimum Gasteiger partial charge on any atom is -0.369 e. The normalized spacial score (nSPS) is 13.5. The van der Waals surface area contributed by atoms with Gasteiger partial charge < -0.3 is 5.73 Å². The van der Waals surface area contributed by atoms with Crippen LogP contribution in [0.15, 0.2) is 18.2 Å². The zero-order valence-electron chi connectivity index (χ0n) is 9.45. The lowest BCUT2D eigenvalue weighted by Crippen LogP contribution is -2.10. The van der Waals surface area contributed by atoms with E-state index in [1.807, 2.05) is 18.2 Å². The molecular weight excluding hydrogens is 214 g/mol. The monoisotopic (exact) mass is 227 g/mol. The van der Waals surface area contributed by atoms with E-state index in [0.717, 1.165) is 29.5 Å². The third-order valence-corrected chi connectivity index (χ3v) is 2.76. The molecule has 0 radical (unpaired) electrons. The van der Waals surface area contributed by atoms with E-state index in [1.165, 1.54) is 0 Å². The molecule has 0 heterocycles. The summed E-state index contributed by atoms with van der Waals surface area (Å²) in [7, 11) is 0. The number of ketones is 1. The molecule has 0 saturated carbocycles. The van der Waals surface area contributed by atoms with Crippen LogP contribution in [0.25, 0.3) is 0 Å². The number of hydrogen-bond acceptors (Lipinski definition) is 2. The molecule has 1 aliphatic carbocycles. The van der Waals surface area contributed by atoms with Gasteiger partial charge in [0.1, 0.15) is 0 Å². The second-order valence-electron chi connectivity index (χ2n) is 4.09. The third kappa shape index (κ3) is 2.73. The number of benzene rings is 1. The molecule has 1 aromatic rings. The van der Waals surface area contributed by atoms with Gasteiger partial charge in [-0.2, -0.15) is 0 Å². The lowest BCUT2D eigenvalue weighted by Gasteiger charge is -2.14. The number of carbonyl (C=O) groups excluding carboxylic acids is 2. The number of carbonyl (C=O) groups is 2. The maximum Gasteiger partial charge on any atom is 0.229 e. The van der Waals surface area contributed by atoms with Gasteiger partial charge in [-0.3, -0.25) is 9.59 Å². The fourth-order valence-corrected chi connectivity index (χ4v) is 1.94. The number of hydrogen-bond donors (Lipinski definition) is 1. The number of Topliss-reactive ketones (excluding diaryl/α,β-unsaturated/α-hetero) is 1. The Bertz CT molecular complexity index is 535. The second kappa shape index (κ2) is 4.84. The molecule has 2 N–H and O–H groups in total. The summed E-state index contributed by atoms with van der Waals surface area (Å²) in [5.74, 6) is 5.28. The van der Waals surface area contributed by atoms with Crippen molar-refractivity contribution in [2.75, 3.05) is 0 Å². The van der Waals surface area contributed by atoms with Crippen LogP contribution in [0, 0.1) is 11.8 Å². The van der Waals surface area contributed by atoms with Crippen LogP contribution in [-0.4, -0.2) is 11.7 Å². The first kappa shape index (κ1) is 11.4. The highest BCUT2D eigenvalue weighted by atomic mass is 16.1. The summed E-state index contributed by atoms with van der Waals surface area (Å²) in [6, 6.07) is 5.64. The first-order valence-electron chi connectivity index (χ1n) is 5.60. The number of rotatable bonds is 1. The summed E-state index contributed by atoms with van der Waals surface area (Å²) in [6.45, 7) is 0. The minimum absolute atomic E-state index is 0.0467. The van der Waals surface area contributed by atoms with Gasteiger partial charge in [0.15, 0.2) is 5.78 Å². The van der Waals surface area contributed by atoms with Gasteiger partial charge in [-0.1, -0.05) is 17.9 Å². The Morgan fingerprint density at radius 3 is 2.94 bits per heavy atom. The molecule has 0 fully saturated rings. The van der Waals surface area contributed by atoms with Crippen molar-refractivity contribution in [3.63, 3.8) is 0 Å². The fraction of sp³-hybridized carbons (Fsp3) is 0.286. The maximum absolute atomic E-state index is 11.7. The molecule has 1 amide bonds. The molecule has 0 aliphatic heterocycles. The van der Waals surface area contributed by atoms with Crippen LogP contribution in [0.4, 0.5) is 0 Å². The lowest BCUT2D eigenvalue weighted by molar-refractivity contribution is -0.117. The Balaban J connectivity index is 2.25. The molecule has 3 heteroatoms. The molecule has 0 aromatic heterocycles. The number of aryl methyl sites for hydroxylation is 1. The van der Waals surface area contributed by atoms with E-state index in [4.69, 9.17) is 5.73 Å². The van der Waals surface area contributed by atoms with Gasteiger partial charge >= 0.3 is 0 Å². The van der Waals surface area contributed by atoms with Gasteiger partial charge in [0, 0.05) is 17.5 Å². The molecule has 0 unspecified atom stereocenters. The molecular formula is C14H13NO2. The first-order valence-corrected chi connectivity index (χ1v) is 5.60. The molecule has 3 nitrogen and oxygen atoms in total. The first-order chi connectivity index (χ1) is 8.16. The van der Waals surface area contributed by atoms with E-state index in [2.05, 4.69) is 11.8 Å². The Hall–Kier alpha value is -2.08. The van der Waals surface area contributed by atoms with E-state index in [1.54, 1.807) is 0 Å². The van der Waals surface area contributed by atoms with Gasteiger partial charge in [0.25, 0.3) is 0 Å². The largest absolute Gasteiger partial charge is 0.369 e. The molecule has 0 bridgehead atoms. The summed E-state index contributed by atoms with van der Waals surface area (Å²) in [5.41, 5.74) is 7.64. The van der Waals surface area contributed by atoms with Crippen LogP contribution < -0.4 is 5.73 Å². The molecule has 0 saturated heterocycles. The van der Waals surface area contributed by atoms with Crippen LogP contribution in [-0.2, 0) is 11.2 Å². The molecule has 1 aliphatic rings. The van der Waals surface area contributed by atoms with Gasteiger partial charge in [-0.05, 0) is 30.5 Å². The lowest BCUT2D eigenvalue weighted by atomic mass is 9.89. The summed E-state index contributed by atoms with van der Waals surface area (Å²) in [6.07, 6.45) is 2.55. The van der Waals surface area contributed by atoms with E-state index >= 15 is 0 Å². The fourth-order valence-electron chi connectivity index (χ4n) is 1.94. The highest BCUT2D eigenvalue weighted by molar-refractivity contribution is 5.98. The number of primary amides is 1. The molecule has 17 heavy (non-hydrogen) atoms. The highest BCUT2D eigenvalue weighted by Crippen LogP contribution is 2.21. The Morgan fingerprint density at radius 2 is 2.18 bits per heavy atom. The van der Waals surface area contributed by atoms with Crippen molar-refractivity contribution in [2.45, 2.75) is 25.7 Å². The SMILES string of the molecule is NC(=O)CC#Cc1ccc2c(c1)C(=O)CCC2. The van der Waals surface area contributed by atoms with Crippen molar-refractivity contribution in [1.29, 1.82) is 0 Å². The van der Waals surface area contributed by atoms with Crippen molar-refractivity contribution in [3.8, 4) is 11.8 Å².